The second-order valence-electron chi connectivity index (χ2n) is 4.17. The van der Waals surface area contributed by atoms with E-state index in [1.807, 2.05) is 24.3 Å². The first-order valence-corrected chi connectivity index (χ1v) is 6.75. The molecule has 5 heteroatoms. The molecule has 0 atom stereocenters. The molecule has 0 aromatic heterocycles. The Morgan fingerprint density at radius 1 is 1.30 bits per heavy atom. The van der Waals surface area contributed by atoms with Crippen LogP contribution in [-0.4, -0.2) is 13.1 Å². The molecule has 3 nitrogen and oxygen atoms in total. The molecular weight excluding hydrogens is 325 g/mol. The molecule has 2 aromatic rings. The van der Waals surface area contributed by atoms with E-state index in [9.17, 15) is 9.18 Å². The van der Waals surface area contributed by atoms with Crippen LogP contribution in [0.3, 0.4) is 0 Å². The molecule has 0 aliphatic heterocycles. The maximum Gasteiger partial charge on any atom is 0.340 e. The van der Waals surface area contributed by atoms with Crippen molar-refractivity contribution < 1.29 is 13.9 Å². The van der Waals surface area contributed by atoms with E-state index in [2.05, 4.69) is 26.0 Å². The Kier molecular flexibility index (Phi) is 4.74. The zero-order valence-electron chi connectivity index (χ0n) is 10.8. The van der Waals surface area contributed by atoms with Crippen molar-refractivity contribution in [2.75, 3.05) is 12.4 Å². The molecule has 0 fully saturated rings. The lowest BCUT2D eigenvalue weighted by Crippen LogP contribution is -2.06. The van der Waals surface area contributed by atoms with Gasteiger partial charge in [0.2, 0.25) is 0 Å². The average Bonchev–Trinajstić information content (AvgIpc) is 2.44. The molecule has 0 heterocycles. The molecule has 0 unspecified atom stereocenters. The molecule has 104 valence electrons. The molecule has 0 radical (unpaired) electrons. The Morgan fingerprint density at radius 2 is 2.10 bits per heavy atom. The first-order chi connectivity index (χ1) is 9.60. The number of carbonyl (C=O) groups excluding carboxylic acids is 1. The van der Waals surface area contributed by atoms with Gasteiger partial charge in [-0.05, 0) is 35.9 Å². The molecule has 0 amide bonds. The molecule has 0 aliphatic carbocycles. The van der Waals surface area contributed by atoms with Crippen LogP contribution >= 0.6 is 15.9 Å². The van der Waals surface area contributed by atoms with Gasteiger partial charge in [0.15, 0.2) is 0 Å². The molecule has 1 N–H and O–H groups in total. The minimum atomic E-state index is -0.672. The standard InChI is InChI=1S/C15H13BrFNO2/c1-20-15(19)13-6-5-10(7-14(13)17)9-18-12-4-2-3-11(16)8-12/h2-8,18H,9H2,1H3. The van der Waals surface area contributed by atoms with E-state index in [0.717, 1.165) is 15.7 Å². The van der Waals surface area contributed by atoms with Crippen LogP contribution in [0.15, 0.2) is 46.9 Å². The van der Waals surface area contributed by atoms with Gasteiger partial charge in [0.25, 0.3) is 0 Å². The van der Waals surface area contributed by atoms with Crippen molar-refractivity contribution in [1.29, 1.82) is 0 Å². The molecule has 2 aromatic carbocycles. The maximum atomic E-state index is 13.7. The van der Waals surface area contributed by atoms with Crippen LogP contribution < -0.4 is 5.32 Å². The molecule has 2 rings (SSSR count). The van der Waals surface area contributed by atoms with E-state index >= 15 is 0 Å². The maximum absolute atomic E-state index is 13.7. The summed E-state index contributed by atoms with van der Waals surface area (Å²) in [5.41, 5.74) is 1.62. The summed E-state index contributed by atoms with van der Waals surface area (Å²) in [6, 6.07) is 12.1. The summed E-state index contributed by atoms with van der Waals surface area (Å²) in [6.45, 7) is 0.467. The van der Waals surface area contributed by atoms with E-state index in [1.165, 1.54) is 19.2 Å². The van der Waals surface area contributed by atoms with Crippen molar-refractivity contribution in [2.45, 2.75) is 6.54 Å². The van der Waals surface area contributed by atoms with Gasteiger partial charge in [0.1, 0.15) is 5.82 Å². The van der Waals surface area contributed by atoms with Gasteiger partial charge in [-0.3, -0.25) is 0 Å². The first kappa shape index (κ1) is 14.5. The van der Waals surface area contributed by atoms with Gasteiger partial charge in [-0.1, -0.05) is 28.1 Å². The Morgan fingerprint density at radius 3 is 2.75 bits per heavy atom. The van der Waals surface area contributed by atoms with Crippen molar-refractivity contribution in [3.63, 3.8) is 0 Å². The molecule has 20 heavy (non-hydrogen) atoms. The SMILES string of the molecule is COC(=O)c1ccc(CNc2cccc(Br)c2)cc1F. The Balaban J connectivity index is 2.07. The van der Waals surface area contributed by atoms with Crippen molar-refractivity contribution in [3.8, 4) is 0 Å². The van der Waals surface area contributed by atoms with Crippen LogP contribution in [0.1, 0.15) is 15.9 Å². The Bertz CT molecular complexity index is 631. The van der Waals surface area contributed by atoms with Crippen molar-refractivity contribution in [3.05, 3.63) is 63.9 Å². The summed E-state index contributed by atoms with van der Waals surface area (Å²) in [5.74, 6) is -1.25. The fourth-order valence-electron chi connectivity index (χ4n) is 1.75. The quantitative estimate of drug-likeness (QED) is 0.857. The van der Waals surface area contributed by atoms with Crippen LogP contribution in [0.2, 0.25) is 0 Å². The lowest BCUT2D eigenvalue weighted by molar-refractivity contribution is 0.0595. The molecular formula is C15H13BrFNO2. The van der Waals surface area contributed by atoms with Crippen molar-refractivity contribution >= 4 is 27.6 Å². The molecule has 0 saturated heterocycles. The lowest BCUT2D eigenvalue weighted by atomic mass is 10.1. The van der Waals surface area contributed by atoms with Crippen LogP contribution in [0, 0.1) is 5.82 Å². The largest absolute Gasteiger partial charge is 0.465 e. The van der Waals surface area contributed by atoms with Gasteiger partial charge in [-0.15, -0.1) is 0 Å². The predicted octanol–water partition coefficient (Wildman–Crippen LogP) is 3.99. The number of methoxy groups -OCH3 is 1. The van der Waals surface area contributed by atoms with Gasteiger partial charge < -0.3 is 10.1 Å². The second-order valence-corrected chi connectivity index (χ2v) is 5.09. The molecule has 0 saturated carbocycles. The van der Waals surface area contributed by atoms with Gasteiger partial charge in [-0.25, -0.2) is 9.18 Å². The highest BCUT2D eigenvalue weighted by Crippen LogP contribution is 2.17. The van der Waals surface area contributed by atoms with Crippen LogP contribution in [0.5, 0.6) is 0 Å². The molecule has 0 aliphatic rings. The number of hydrogen-bond acceptors (Lipinski definition) is 3. The monoisotopic (exact) mass is 337 g/mol. The molecule has 0 bridgehead atoms. The second kappa shape index (κ2) is 6.52. The van der Waals surface area contributed by atoms with Crippen molar-refractivity contribution in [2.24, 2.45) is 0 Å². The number of carbonyl (C=O) groups is 1. The van der Waals surface area contributed by atoms with E-state index < -0.39 is 11.8 Å². The van der Waals surface area contributed by atoms with Crippen LogP contribution in [0.25, 0.3) is 0 Å². The minimum absolute atomic E-state index is 0.0568. The smallest absolute Gasteiger partial charge is 0.340 e. The number of anilines is 1. The van der Waals surface area contributed by atoms with Crippen LogP contribution in [0.4, 0.5) is 10.1 Å². The summed E-state index contributed by atoms with van der Waals surface area (Å²) in [7, 11) is 1.23. The fraction of sp³-hybridized carbons (Fsp3) is 0.133. The summed E-state index contributed by atoms with van der Waals surface area (Å²) >= 11 is 3.38. The topological polar surface area (TPSA) is 38.3 Å². The molecule has 0 spiro atoms. The highest BCUT2D eigenvalue weighted by molar-refractivity contribution is 9.10. The number of rotatable bonds is 4. The van der Waals surface area contributed by atoms with Gasteiger partial charge in [0.05, 0.1) is 12.7 Å². The van der Waals surface area contributed by atoms with Crippen LogP contribution in [-0.2, 0) is 11.3 Å². The fourth-order valence-corrected chi connectivity index (χ4v) is 2.15. The van der Waals surface area contributed by atoms with Crippen molar-refractivity contribution in [1.82, 2.24) is 0 Å². The number of esters is 1. The number of nitrogens with one attached hydrogen (secondary N) is 1. The number of hydrogen-bond donors (Lipinski definition) is 1. The summed E-state index contributed by atoms with van der Waals surface area (Å²) in [6.07, 6.45) is 0. The highest BCUT2D eigenvalue weighted by Gasteiger charge is 2.12. The van der Waals surface area contributed by atoms with E-state index in [0.29, 0.717) is 6.54 Å². The first-order valence-electron chi connectivity index (χ1n) is 5.96. The summed E-state index contributed by atoms with van der Waals surface area (Å²) in [5, 5.41) is 3.18. The third-order valence-electron chi connectivity index (χ3n) is 2.76. The van der Waals surface area contributed by atoms with Gasteiger partial charge in [-0.2, -0.15) is 0 Å². The average molecular weight is 338 g/mol. The van der Waals surface area contributed by atoms with E-state index in [-0.39, 0.29) is 5.56 Å². The number of halogens is 2. The number of benzene rings is 2. The Hall–Kier alpha value is -1.88. The highest BCUT2D eigenvalue weighted by atomic mass is 79.9. The third-order valence-corrected chi connectivity index (χ3v) is 3.25. The summed E-state index contributed by atoms with van der Waals surface area (Å²) in [4.78, 5) is 11.3. The predicted molar refractivity (Wildman–Crippen MR) is 79.2 cm³/mol. The zero-order chi connectivity index (χ0) is 14.5. The van der Waals surface area contributed by atoms with E-state index in [4.69, 9.17) is 0 Å². The van der Waals surface area contributed by atoms with E-state index in [1.54, 1.807) is 6.07 Å². The summed E-state index contributed by atoms with van der Waals surface area (Å²) < 4.78 is 19.2. The normalized spacial score (nSPS) is 10.2. The zero-order valence-corrected chi connectivity index (χ0v) is 12.4. The van der Waals surface area contributed by atoms with Gasteiger partial charge in [0, 0.05) is 16.7 Å². The number of ether oxygens (including phenoxy) is 1. The Labute approximate surface area is 124 Å². The minimum Gasteiger partial charge on any atom is -0.465 e. The van der Waals surface area contributed by atoms with Gasteiger partial charge >= 0.3 is 5.97 Å². The third kappa shape index (κ3) is 3.57. The lowest BCUT2D eigenvalue weighted by Gasteiger charge is -2.08.